The normalized spacial score (nSPS) is 21.6. The molecule has 0 amide bonds. The van der Waals surface area contributed by atoms with Crippen LogP contribution < -0.4 is 10.6 Å². The van der Waals surface area contributed by atoms with Gasteiger partial charge in [-0.25, -0.2) is 0 Å². The number of anilines is 2. The highest BCUT2D eigenvalue weighted by molar-refractivity contribution is 6.27. The third-order valence-corrected chi connectivity index (χ3v) is 5.65. The lowest BCUT2D eigenvalue weighted by atomic mass is 9.84. The molecular formula is C20H27N3O3. The lowest BCUT2D eigenvalue weighted by molar-refractivity contribution is -0.136. The van der Waals surface area contributed by atoms with E-state index in [0.717, 1.165) is 30.8 Å². The van der Waals surface area contributed by atoms with Crippen molar-refractivity contribution in [2.45, 2.75) is 51.7 Å². The van der Waals surface area contributed by atoms with Crippen molar-refractivity contribution in [1.82, 2.24) is 4.90 Å². The molecule has 2 N–H and O–H groups in total. The van der Waals surface area contributed by atoms with Crippen LogP contribution >= 0.6 is 0 Å². The number of nitrogens with one attached hydrogen (secondary N) is 2. The van der Waals surface area contributed by atoms with Crippen molar-refractivity contribution in [2.75, 3.05) is 23.7 Å². The van der Waals surface area contributed by atoms with Crippen LogP contribution in [0.5, 0.6) is 0 Å². The molecule has 6 nitrogen and oxygen atoms in total. The summed E-state index contributed by atoms with van der Waals surface area (Å²) in [5, 5.41) is 6.64. The largest absolute Gasteiger partial charge is 0.355 e. The zero-order valence-corrected chi connectivity index (χ0v) is 15.7. The molecule has 140 valence electrons. The molecule has 26 heavy (non-hydrogen) atoms. The van der Waals surface area contributed by atoms with Gasteiger partial charge in [0, 0.05) is 5.41 Å². The Hall–Kier alpha value is -2.21. The van der Waals surface area contributed by atoms with Gasteiger partial charge in [-0.15, -0.1) is 0 Å². The smallest absolute Gasteiger partial charge is 0.200 e. The van der Waals surface area contributed by atoms with E-state index in [0.29, 0.717) is 19.3 Å². The van der Waals surface area contributed by atoms with Crippen LogP contribution in [0.1, 0.15) is 40.0 Å². The molecule has 1 aromatic carbocycles. The van der Waals surface area contributed by atoms with Crippen molar-refractivity contribution in [2.24, 2.45) is 5.41 Å². The monoisotopic (exact) mass is 357 g/mol. The van der Waals surface area contributed by atoms with Crippen molar-refractivity contribution >= 4 is 29.2 Å². The quantitative estimate of drug-likeness (QED) is 0.576. The van der Waals surface area contributed by atoms with Crippen LogP contribution in [0.2, 0.25) is 0 Å². The maximum atomic E-state index is 13.3. The first-order valence-corrected chi connectivity index (χ1v) is 9.20. The van der Waals surface area contributed by atoms with Crippen LogP contribution in [0.15, 0.2) is 24.3 Å². The van der Waals surface area contributed by atoms with Gasteiger partial charge >= 0.3 is 0 Å². The number of hydrogen-bond acceptors (Lipinski definition) is 6. The fourth-order valence-electron chi connectivity index (χ4n) is 3.82. The van der Waals surface area contributed by atoms with E-state index < -0.39 is 11.1 Å². The minimum Gasteiger partial charge on any atom is -0.355 e. The summed E-state index contributed by atoms with van der Waals surface area (Å²) < 4.78 is 0. The molecule has 6 heteroatoms. The van der Waals surface area contributed by atoms with Crippen molar-refractivity contribution in [3.05, 3.63) is 24.3 Å². The minimum absolute atomic E-state index is 0.116. The Kier molecular flexibility index (Phi) is 4.88. The predicted octanol–water partition coefficient (Wildman–Crippen LogP) is 2.46. The van der Waals surface area contributed by atoms with Gasteiger partial charge in [-0.1, -0.05) is 26.0 Å². The highest BCUT2D eigenvalue weighted by atomic mass is 16.2. The summed E-state index contributed by atoms with van der Waals surface area (Å²) in [6.07, 6.45) is 2.74. The molecule has 1 atom stereocenters. The van der Waals surface area contributed by atoms with E-state index in [-0.39, 0.29) is 17.6 Å². The molecule has 0 spiro atoms. The standard InChI is InChI=1S/C20H27N3O3/c1-19(2,17(25)13-24)10-12-23-11-6-9-16(23)18(26)20(3)21-14-7-4-5-8-15(14)22-20/h4-5,7-8,13,16,21-22H,6,9-12H2,1-3H3. The Labute approximate surface area is 154 Å². The summed E-state index contributed by atoms with van der Waals surface area (Å²) in [6, 6.07) is 7.62. The number of likely N-dealkylation sites (tertiary alicyclic amines) is 1. The second-order valence-electron chi connectivity index (χ2n) is 8.09. The van der Waals surface area contributed by atoms with Gasteiger partial charge in [0.15, 0.2) is 17.7 Å². The summed E-state index contributed by atoms with van der Waals surface area (Å²) in [6.45, 7) is 6.92. The van der Waals surface area contributed by atoms with Crippen LogP contribution in [0.25, 0.3) is 0 Å². The fourth-order valence-corrected chi connectivity index (χ4v) is 3.82. The average Bonchev–Trinajstić information content (AvgIpc) is 3.22. The number of benzene rings is 1. The summed E-state index contributed by atoms with van der Waals surface area (Å²) in [5.74, 6) is -0.271. The van der Waals surface area contributed by atoms with Gasteiger partial charge in [-0.05, 0) is 51.4 Å². The second-order valence-corrected chi connectivity index (χ2v) is 8.09. The lowest BCUT2D eigenvalue weighted by Gasteiger charge is -2.33. The molecule has 0 bridgehead atoms. The number of carbonyl (C=O) groups is 3. The first-order valence-electron chi connectivity index (χ1n) is 9.20. The molecule has 0 aliphatic carbocycles. The van der Waals surface area contributed by atoms with Gasteiger partial charge in [0.25, 0.3) is 0 Å². The SMILES string of the molecule is CC(C)(CCN1CCCC1C(=O)C1(C)Nc2ccccc2N1)C(=O)C=O. The van der Waals surface area contributed by atoms with Gasteiger partial charge in [0.1, 0.15) is 0 Å². The van der Waals surface area contributed by atoms with Crippen molar-refractivity contribution in [3.63, 3.8) is 0 Å². The number of nitrogens with zero attached hydrogens (tertiary/aromatic N) is 1. The van der Waals surface area contributed by atoms with Crippen LogP contribution in [-0.2, 0) is 14.4 Å². The number of aldehydes is 1. The summed E-state index contributed by atoms with van der Waals surface area (Å²) >= 11 is 0. The highest BCUT2D eigenvalue weighted by Crippen LogP contribution is 2.36. The Morgan fingerprint density at radius 2 is 1.88 bits per heavy atom. The number of carbonyl (C=O) groups excluding carboxylic acids is 3. The number of ketones is 2. The minimum atomic E-state index is -0.828. The third-order valence-electron chi connectivity index (χ3n) is 5.65. The Morgan fingerprint density at radius 3 is 2.46 bits per heavy atom. The Balaban J connectivity index is 1.68. The molecule has 1 saturated heterocycles. The van der Waals surface area contributed by atoms with Crippen molar-refractivity contribution in [1.29, 1.82) is 0 Å². The van der Waals surface area contributed by atoms with E-state index >= 15 is 0 Å². The topological polar surface area (TPSA) is 78.5 Å². The molecule has 3 rings (SSSR count). The van der Waals surface area contributed by atoms with Gasteiger partial charge in [-0.2, -0.15) is 0 Å². The number of hydrogen-bond donors (Lipinski definition) is 2. The zero-order chi connectivity index (χ0) is 18.9. The van der Waals surface area contributed by atoms with E-state index in [1.165, 1.54) is 0 Å². The van der Waals surface area contributed by atoms with Crippen LogP contribution in [-0.4, -0.2) is 47.5 Å². The number of rotatable bonds is 7. The molecular weight excluding hydrogens is 330 g/mol. The molecule has 0 radical (unpaired) electrons. The van der Waals surface area contributed by atoms with E-state index in [1.807, 2.05) is 31.2 Å². The van der Waals surface area contributed by atoms with E-state index in [1.54, 1.807) is 13.8 Å². The average molecular weight is 357 g/mol. The number of para-hydroxylation sites is 2. The first kappa shape index (κ1) is 18.6. The van der Waals surface area contributed by atoms with E-state index in [2.05, 4.69) is 15.5 Å². The second kappa shape index (κ2) is 6.83. The summed E-state index contributed by atoms with van der Waals surface area (Å²) in [5.41, 5.74) is 0.351. The molecule has 2 aliphatic rings. The van der Waals surface area contributed by atoms with Crippen molar-refractivity contribution in [3.8, 4) is 0 Å². The van der Waals surface area contributed by atoms with Crippen LogP contribution in [0.4, 0.5) is 11.4 Å². The Morgan fingerprint density at radius 1 is 1.27 bits per heavy atom. The molecule has 0 saturated carbocycles. The third kappa shape index (κ3) is 3.38. The number of fused-ring (bicyclic) bond motifs is 1. The predicted molar refractivity (Wildman–Crippen MR) is 101 cm³/mol. The molecule has 1 unspecified atom stereocenters. The summed E-state index contributed by atoms with van der Waals surface area (Å²) in [7, 11) is 0. The fraction of sp³-hybridized carbons (Fsp3) is 0.550. The molecule has 1 fully saturated rings. The summed E-state index contributed by atoms with van der Waals surface area (Å²) in [4.78, 5) is 38.0. The zero-order valence-electron chi connectivity index (χ0n) is 15.7. The first-order chi connectivity index (χ1) is 12.3. The van der Waals surface area contributed by atoms with Gasteiger partial charge in [-0.3, -0.25) is 19.3 Å². The van der Waals surface area contributed by atoms with E-state index in [9.17, 15) is 14.4 Å². The van der Waals surface area contributed by atoms with E-state index in [4.69, 9.17) is 0 Å². The number of Topliss-reactive ketones (excluding diaryl/α,β-unsaturated/α-hetero) is 2. The molecule has 0 aromatic heterocycles. The molecule has 1 aromatic rings. The molecule has 2 aliphatic heterocycles. The maximum Gasteiger partial charge on any atom is 0.200 e. The Bertz CT molecular complexity index is 704. The maximum absolute atomic E-state index is 13.3. The van der Waals surface area contributed by atoms with Gasteiger partial charge < -0.3 is 10.6 Å². The van der Waals surface area contributed by atoms with Crippen LogP contribution in [0.3, 0.4) is 0 Å². The van der Waals surface area contributed by atoms with Crippen LogP contribution in [0, 0.1) is 5.41 Å². The van der Waals surface area contributed by atoms with Crippen molar-refractivity contribution < 1.29 is 14.4 Å². The van der Waals surface area contributed by atoms with Gasteiger partial charge in [0.05, 0.1) is 17.4 Å². The molecule has 2 heterocycles. The van der Waals surface area contributed by atoms with Gasteiger partial charge in [0.2, 0.25) is 5.78 Å². The highest BCUT2D eigenvalue weighted by Gasteiger charge is 2.45. The lowest BCUT2D eigenvalue weighted by Crippen LogP contribution is -2.55.